The molecule has 0 unspecified atom stereocenters. The summed E-state index contributed by atoms with van der Waals surface area (Å²) < 4.78 is 17.6. The highest BCUT2D eigenvalue weighted by atomic mass is 16.5. The molecule has 8 heteroatoms. The van der Waals surface area contributed by atoms with E-state index in [2.05, 4.69) is 15.5 Å². The Morgan fingerprint density at radius 3 is 2.38 bits per heavy atom. The van der Waals surface area contributed by atoms with Gasteiger partial charge in [-0.25, -0.2) is 4.98 Å². The third kappa shape index (κ3) is 3.53. The lowest BCUT2D eigenvalue weighted by molar-refractivity contribution is 0.0903. The lowest BCUT2D eigenvalue weighted by Crippen LogP contribution is -2.31. The first kappa shape index (κ1) is 17.5. The quantitative estimate of drug-likeness (QED) is 0.728. The van der Waals surface area contributed by atoms with Crippen LogP contribution in [-0.4, -0.2) is 34.8 Å². The molecule has 0 aliphatic heterocycles. The molecule has 0 bridgehead atoms. The number of aromatic nitrogens is 3. The molecular formula is C18H20N4O4. The minimum absolute atomic E-state index is 0.136. The maximum absolute atomic E-state index is 12.6. The van der Waals surface area contributed by atoms with Crippen LogP contribution >= 0.6 is 0 Å². The van der Waals surface area contributed by atoms with E-state index in [-0.39, 0.29) is 11.7 Å². The zero-order valence-corrected chi connectivity index (χ0v) is 15.0. The SMILES string of the molecule is COc1cc(OC)cc([C@@H](NC(=O)c2cc(C)no2)c2nccn2C)c1. The Balaban J connectivity index is 2.02. The van der Waals surface area contributed by atoms with Gasteiger partial charge in [-0.1, -0.05) is 5.16 Å². The number of carbonyl (C=O) groups excluding carboxylic acids is 1. The van der Waals surface area contributed by atoms with Crippen molar-refractivity contribution in [2.75, 3.05) is 14.2 Å². The van der Waals surface area contributed by atoms with Gasteiger partial charge in [0.25, 0.3) is 5.91 Å². The topological polar surface area (TPSA) is 91.4 Å². The zero-order chi connectivity index (χ0) is 18.7. The normalized spacial score (nSPS) is 11.8. The highest BCUT2D eigenvalue weighted by molar-refractivity contribution is 5.91. The van der Waals surface area contributed by atoms with Crippen molar-refractivity contribution in [2.45, 2.75) is 13.0 Å². The number of nitrogens with one attached hydrogen (secondary N) is 1. The van der Waals surface area contributed by atoms with E-state index in [4.69, 9.17) is 14.0 Å². The van der Waals surface area contributed by atoms with Crippen LogP contribution in [0.2, 0.25) is 0 Å². The van der Waals surface area contributed by atoms with Crippen molar-refractivity contribution in [3.8, 4) is 11.5 Å². The van der Waals surface area contributed by atoms with Crippen molar-refractivity contribution in [1.29, 1.82) is 0 Å². The molecule has 0 aliphatic carbocycles. The maximum Gasteiger partial charge on any atom is 0.290 e. The fourth-order valence-electron chi connectivity index (χ4n) is 2.62. The third-order valence-electron chi connectivity index (χ3n) is 3.95. The van der Waals surface area contributed by atoms with E-state index >= 15 is 0 Å². The summed E-state index contributed by atoms with van der Waals surface area (Å²) in [7, 11) is 5.01. The van der Waals surface area contributed by atoms with Crippen molar-refractivity contribution in [3.05, 3.63) is 59.5 Å². The van der Waals surface area contributed by atoms with Gasteiger partial charge < -0.3 is 23.9 Å². The molecule has 1 amide bonds. The summed E-state index contributed by atoms with van der Waals surface area (Å²) in [5.74, 6) is 1.63. The largest absolute Gasteiger partial charge is 0.497 e. The molecule has 1 N–H and O–H groups in total. The number of hydrogen-bond donors (Lipinski definition) is 1. The van der Waals surface area contributed by atoms with E-state index in [0.29, 0.717) is 23.0 Å². The zero-order valence-electron chi connectivity index (χ0n) is 15.0. The second-order valence-corrected chi connectivity index (χ2v) is 5.78. The van der Waals surface area contributed by atoms with Gasteiger partial charge in [0.15, 0.2) is 0 Å². The highest BCUT2D eigenvalue weighted by Gasteiger charge is 2.24. The van der Waals surface area contributed by atoms with Gasteiger partial charge >= 0.3 is 0 Å². The van der Waals surface area contributed by atoms with Gasteiger partial charge in [-0.05, 0) is 24.6 Å². The first-order chi connectivity index (χ1) is 12.5. The van der Waals surface area contributed by atoms with Gasteiger partial charge in [-0.15, -0.1) is 0 Å². The van der Waals surface area contributed by atoms with Gasteiger partial charge in [0.1, 0.15) is 23.4 Å². The lowest BCUT2D eigenvalue weighted by atomic mass is 10.0. The number of nitrogens with zero attached hydrogens (tertiary/aromatic N) is 3. The van der Waals surface area contributed by atoms with Crippen LogP contribution in [0.3, 0.4) is 0 Å². The third-order valence-corrected chi connectivity index (χ3v) is 3.95. The molecule has 0 radical (unpaired) electrons. The molecule has 2 heterocycles. The van der Waals surface area contributed by atoms with Crippen LogP contribution in [0.25, 0.3) is 0 Å². The Kier molecular flexibility index (Phi) is 4.92. The van der Waals surface area contributed by atoms with Crippen LogP contribution in [0.5, 0.6) is 11.5 Å². The minimum Gasteiger partial charge on any atom is -0.497 e. The molecule has 0 saturated heterocycles. The molecule has 3 aromatic rings. The number of imidazole rings is 1. The second-order valence-electron chi connectivity index (χ2n) is 5.78. The van der Waals surface area contributed by atoms with E-state index in [9.17, 15) is 4.79 Å². The number of aryl methyl sites for hydroxylation is 2. The van der Waals surface area contributed by atoms with E-state index in [1.54, 1.807) is 39.5 Å². The molecular weight excluding hydrogens is 336 g/mol. The van der Waals surface area contributed by atoms with Gasteiger partial charge in [0.2, 0.25) is 5.76 Å². The average molecular weight is 356 g/mol. The van der Waals surface area contributed by atoms with Crippen LogP contribution in [0, 0.1) is 6.92 Å². The summed E-state index contributed by atoms with van der Waals surface area (Å²) in [4.78, 5) is 17.0. The Morgan fingerprint density at radius 2 is 1.88 bits per heavy atom. The number of methoxy groups -OCH3 is 2. The predicted molar refractivity (Wildman–Crippen MR) is 93.3 cm³/mol. The molecule has 1 atom stereocenters. The molecule has 3 rings (SSSR count). The first-order valence-electron chi connectivity index (χ1n) is 7.96. The van der Waals surface area contributed by atoms with Crippen LogP contribution in [0.15, 0.2) is 41.2 Å². The Hall–Kier alpha value is -3.29. The summed E-state index contributed by atoms with van der Waals surface area (Å²) in [6, 6.07) is 6.47. The van der Waals surface area contributed by atoms with Crippen molar-refractivity contribution in [2.24, 2.45) is 7.05 Å². The number of hydrogen-bond acceptors (Lipinski definition) is 6. The molecule has 0 fully saturated rings. The van der Waals surface area contributed by atoms with Gasteiger partial charge in [0, 0.05) is 31.6 Å². The average Bonchev–Trinajstić information content (AvgIpc) is 3.27. The molecule has 8 nitrogen and oxygen atoms in total. The first-order valence-corrected chi connectivity index (χ1v) is 7.96. The molecule has 136 valence electrons. The van der Waals surface area contributed by atoms with Gasteiger partial charge in [-0.2, -0.15) is 0 Å². The molecule has 0 aliphatic rings. The van der Waals surface area contributed by atoms with Crippen molar-refractivity contribution >= 4 is 5.91 Å². The standard InChI is InChI=1S/C18H20N4O4/c1-11-7-15(26-21-11)18(23)20-16(17-19-5-6-22(17)2)12-8-13(24-3)10-14(9-12)25-4/h5-10,16H,1-4H3,(H,20,23)/t16-/m1/s1. The number of carbonyl (C=O) groups is 1. The number of ether oxygens (including phenoxy) is 2. The van der Waals surface area contributed by atoms with E-state index < -0.39 is 6.04 Å². The summed E-state index contributed by atoms with van der Waals surface area (Å²) in [5.41, 5.74) is 1.40. The molecule has 0 spiro atoms. The fourth-order valence-corrected chi connectivity index (χ4v) is 2.62. The highest BCUT2D eigenvalue weighted by Crippen LogP contribution is 2.29. The molecule has 0 saturated carbocycles. The summed E-state index contributed by atoms with van der Waals surface area (Å²) in [6.45, 7) is 1.75. The van der Waals surface area contributed by atoms with Crippen molar-refractivity contribution < 1.29 is 18.8 Å². The van der Waals surface area contributed by atoms with E-state index in [1.165, 1.54) is 0 Å². The Labute approximate surface area is 150 Å². The molecule has 26 heavy (non-hydrogen) atoms. The number of rotatable bonds is 6. The van der Waals surface area contributed by atoms with Crippen LogP contribution < -0.4 is 14.8 Å². The predicted octanol–water partition coefficient (Wildman–Crippen LogP) is 2.25. The smallest absolute Gasteiger partial charge is 0.290 e. The van der Waals surface area contributed by atoms with E-state index in [0.717, 1.165) is 5.56 Å². The monoisotopic (exact) mass is 356 g/mol. The van der Waals surface area contributed by atoms with Crippen LogP contribution in [0.4, 0.5) is 0 Å². The Morgan fingerprint density at radius 1 is 1.19 bits per heavy atom. The molecule has 2 aromatic heterocycles. The van der Waals surface area contributed by atoms with E-state index in [1.807, 2.05) is 29.9 Å². The molecule has 1 aromatic carbocycles. The summed E-state index contributed by atoms with van der Waals surface area (Å²) >= 11 is 0. The second kappa shape index (κ2) is 7.30. The van der Waals surface area contributed by atoms with Crippen molar-refractivity contribution in [1.82, 2.24) is 20.0 Å². The van der Waals surface area contributed by atoms with Gasteiger partial charge in [-0.3, -0.25) is 4.79 Å². The van der Waals surface area contributed by atoms with Crippen molar-refractivity contribution in [3.63, 3.8) is 0 Å². The van der Waals surface area contributed by atoms with Gasteiger partial charge in [0.05, 0.1) is 19.9 Å². The maximum atomic E-state index is 12.6. The minimum atomic E-state index is -0.531. The van der Waals surface area contributed by atoms with Crippen LogP contribution in [-0.2, 0) is 7.05 Å². The Bertz CT molecular complexity index is 893. The summed E-state index contributed by atoms with van der Waals surface area (Å²) in [6.07, 6.45) is 3.48. The number of amides is 1. The lowest BCUT2D eigenvalue weighted by Gasteiger charge is -2.20. The number of benzene rings is 1. The van der Waals surface area contributed by atoms with Crippen LogP contribution in [0.1, 0.15) is 33.7 Å². The summed E-state index contributed by atoms with van der Waals surface area (Å²) in [5, 5.41) is 6.70. The fraction of sp³-hybridized carbons (Fsp3) is 0.278.